The normalized spacial score (nSPS) is 18.5. The van der Waals surface area contributed by atoms with Gasteiger partial charge in [-0.1, -0.05) is 11.6 Å². The number of methoxy groups -OCH3 is 1. The Morgan fingerprint density at radius 2 is 2.14 bits per heavy atom. The van der Waals surface area contributed by atoms with Crippen molar-refractivity contribution < 1.29 is 9.53 Å². The molecule has 3 rings (SSSR count). The van der Waals surface area contributed by atoms with Gasteiger partial charge in [0.1, 0.15) is 0 Å². The van der Waals surface area contributed by atoms with Gasteiger partial charge in [0.25, 0.3) is 5.91 Å². The first kappa shape index (κ1) is 15.1. The van der Waals surface area contributed by atoms with Crippen LogP contribution in [0.2, 0.25) is 5.02 Å². The highest BCUT2D eigenvalue weighted by molar-refractivity contribution is 6.30. The number of amides is 1. The molecule has 2 heterocycles. The molecule has 1 aliphatic heterocycles. The molecular weight excluding hydrogens is 302 g/mol. The van der Waals surface area contributed by atoms with Gasteiger partial charge in [-0.3, -0.25) is 4.79 Å². The van der Waals surface area contributed by atoms with Crippen molar-refractivity contribution in [3.63, 3.8) is 0 Å². The van der Waals surface area contributed by atoms with Gasteiger partial charge in [0.05, 0.1) is 23.6 Å². The topological polar surface area (TPSA) is 47.4 Å². The lowest BCUT2D eigenvalue weighted by atomic mass is 10.1. The predicted octanol–water partition coefficient (Wildman–Crippen LogP) is 2.78. The van der Waals surface area contributed by atoms with Crippen LogP contribution in [0.3, 0.4) is 0 Å². The van der Waals surface area contributed by atoms with Gasteiger partial charge in [0, 0.05) is 31.4 Å². The molecule has 1 fully saturated rings. The van der Waals surface area contributed by atoms with Crippen LogP contribution < -0.4 is 0 Å². The monoisotopic (exact) mass is 319 g/mol. The van der Waals surface area contributed by atoms with E-state index in [1.807, 2.05) is 17.0 Å². The molecule has 1 aromatic carbocycles. The fraction of sp³-hybridized carbons (Fsp3) is 0.375. The van der Waals surface area contributed by atoms with E-state index in [0.717, 1.165) is 25.1 Å². The van der Waals surface area contributed by atoms with E-state index in [1.54, 1.807) is 36.3 Å². The lowest BCUT2D eigenvalue weighted by molar-refractivity contribution is 0.0269. The Labute approximate surface area is 134 Å². The van der Waals surface area contributed by atoms with Gasteiger partial charge >= 0.3 is 0 Å². The van der Waals surface area contributed by atoms with Crippen LogP contribution in [0.15, 0.2) is 36.7 Å². The highest BCUT2D eigenvalue weighted by atomic mass is 35.5. The SMILES string of the molecule is COC1CCCN(C(=O)c2cnn(-c3ccc(Cl)cc3)c2)C1. The molecule has 116 valence electrons. The predicted molar refractivity (Wildman–Crippen MR) is 84.5 cm³/mol. The van der Waals surface area contributed by atoms with Gasteiger partial charge in [-0.2, -0.15) is 5.10 Å². The zero-order chi connectivity index (χ0) is 15.5. The molecule has 6 heteroatoms. The number of ether oxygens (including phenoxy) is 1. The average molecular weight is 320 g/mol. The minimum atomic E-state index is 0.00182. The van der Waals surface area contributed by atoms with Gasteiger partial charge in [-0.05, 0) is 37.1 Å². The number of likely N-dealkylation sites (tertiary alicyclic amines) is 1. The van der Waals surface area contributed by atoms with E-state index in [4.69, 9.17) is 16.3 Å². The summed E-state index contributed by atoms with van der Waals surface area (Å²) in [6.07, 6.45) is 5.46. The van der Waals surface area contributed by atoms with Crippen molar-refractivity contribution >= 4 is 17.5 Å². The van der Waals surface area contributed by atoms with Crippen molar-refractivity contribution in [2.45, 2.75) is 18.9 Å². The number of hydrogen-bond acceptors (Lipinski definition) is 3. The maximum Gasteiger partial charge on any atom is 0.257 e. The Morgan fingerprint density at radius 1 is 1.36 bits per heavy atom. The van der Waals surface area contributed by atoms with Gasteiger partial charge < -0.3 is 9.64 Å². The largest absolute Gasteiger partial charge is 0.380 e. The standard InChI is InChI=1S/C16H18ClN3O2/c1-22-15-3-2-8-19(11-15)16(21)12-9-18-20(10-12)14-6-4-13(17)5-7-14/h4-7,9-10,15H,2-3,8,11H2,1H3. The zero-order valence-corrected chi connectivity index (χ0v) is 13.2. The summed E-state index contributed by atoms with van der Waals surface area (Å²) in [6.45, 7) is 1.41. The number of benzene rings is 1. The fourth-order valence-electron chi connectivity index (χ4n) is 2.67. The third kappa shape index (κ3) is 3.15. The van der Waals surface area contributed by atoms with E-state index in [-0.39, 0.29) is 12.0 Å². The number of aromatic nitrogens is 2. The van der Waals surface area contributed by atoms with Gasteiger partial charge in [0.2, 0.25) is 0 Å². The van der Waals surface area contributed by atoms with E-state index in [9.17, 15) is 4.79 Å². The number of carbonyl (C=O) groups excluding carboxylic acids is 1. The maximum atomic E-state index is 12.6. The Balaban J connectivity index is 1.75. The molecule has 1 aromatic heterocycles. The number of piperidine rings is 1. The summed E-state index contributed by atoms with van der Waals surface area (Å²) in [5.41, 5.74) is 1.46. The van der Waals surface area contributed by atoms with Crippen molar-refractivity contribution in [2.24, 2.45) is 0 Å². The summed E-state index contributed by atoms with van der Waals surface area (Å²) in [5, 5.41) is 4.94. The summed E-state index contributed by atoms with van der Waals surface area (Å²) in [5.74, 6) is 0.00182. The third-order valence-corrected chi connectivity index (χ3v) is 4.17. The van der Waals surface area contributed by atoms with Crippen molar-refractivity contribution in [1.29, 1.82) is 0 Å². The second kappa shape index (κ2) is 6.50. The molecule has 0 radical (unpaired) electrons. The average Bonchev–Trinajstić information content (AvgIpc) is 3.05. The van der Waals surface area contributed by atoms with E-state index < -0.39 is 0 Å². The van der Waals surface area contributed by atoms with E-state index in [0.29, 0.717) is 17.1 Å². The Morgan fingerprint density at radius 3 is 2.86 bits per heavy atom. The lowest BCUT2D eigenvalue weighted by Crippen LogP contribution is -2.42. The van der Waals surface area contributed by atoms with Crippen molar-refractivity contribution in [3.05, 3.63) is 47.2 Å². The summed E-state index contributed by atoms with van der Waals surface area (Å²) in [7, 11) is 1.69. The van der Waals surface area contributed by atoms with Crippen LogP contribution in [0.5, 0.6) is 0 Å². The molecule has 1 unspecified atom stereocenters. The molecule has 0 bridgehead atoms. The minimum absolute atomic E-state index is 0.00182. The maximum absolute atomic E-state index is 12.6. The summed E-state index contributed by atoms with van der Waals surface area (Å²) >= 11 is 5.88. The second-order valence-corrected chi connectivity index (χ2v) is 5.84. The second-order valence-electron chi connectivity index (χ2n) is 5.40. The van der Waals surface area contributed by atoms with Crippen LogP contribution in [-0.4, -0.2) is 46.9 Å². The molecule has 1 saturated heterocycles. The first-order valence-electron chi connectivity index (χ1n) is 7.30. The molecule has 2 aromatic rings. The van der Waals surface area contributed by atoms with Crippen LogP contribution in [0.25, 0.3) is 5.69 Å². The highest BCUT2D eigenvalue weighted by Crippen LogP contribution is 2.17. The number of rotatable bonds is 3. The van der Waals surface area contributed by atoms with Crippen LogP contribution in [0, 0.1) is 0 Å². The number of nitrogens with zero attached hydrogens (tertiary/aromatic N) is 3. The third-order valence-electron chi connectivity index (χ3n) is 3.92. The quantitative estimate of drug-likeness (QED) is 0.874. The molecule has 0 N–H and O–H groups in total. The van der Waals surface area contributed by atoms with Crippen LogP contribution in [-0.2, 0) is 4.74 Å². The number of hydrogen-bond donors (Lipinski definition) is 0. The van der Waals surface area contributed by atoms with E-state index >= 15 is 0 Å². The first-order valence-corrected chi connectivity index (χ1v) is 7.68. The number of halogens is 1. The molecular formula is C16H18ClN3O2. The molecule has 0 saturated carbocycles. The Bertz CT molecular complexity index is 654. The Hall–Kier alpha value is -1.85. The zero-order valence-electron chi connectivity index (χ0n) is 12.4. The minimum Gasteiger partial charge on any atom is -0.380 e. The molecule has 0 aliphatic carbocycles. The van der Waals surface area contributed by atoms with Crippen LogP contribution in [0.1, 0.15) is 23.2 Å². The molecule has 22 heavy (non-hydrogen) atoms. The first-order chi connectivity index (χ1) is 10.7. The fourth-order valence-corrected chi connectivity index (χ4v) is 2.79. The summed E-state index contributed by atoms with van der Waals surface area (Å²) in [4.78, 5) is 14.4. The van der Waals surface area contributed by atoms with Crippen molar-refractivity contribution in [3.8, 4) is 5.69 Å². The van der Waals surface area contributed by atoms with Crippen molar-refractivity contribution in [2.75, 3.05) is 20.2 Å². The highest BCUT2D eigenvalue weighted by Gasteiger charge is 2.25. The molecule has 0 spiro atoms. The molecule has 1 amide bonds. The Kier molecular flexibility index (Phi) is 4.45. The summed E-state index contributed by atoms with van der Waals surface area (Å²) < 4.78 is 7.05. The smallest absolute Gasteiger partial charge is 0.257 e. The molecule has 5 nitrogen and oxygen atoms in total. The molecule has 1 atom stereocenters. The van der Waals surface area contributed by atoms with E-state index in [1.165, 1.54) is 0 Å². The molecule has 1 aliphatic rings. The lowest BCUT2D eigenvalue weighted by Gasteiger charge is -2.31. The summed E-state index contributed by atoms with van der Waals surface area (Å²) in [6, 6.07) is 7.33. The van der Waals surface area contributed by atoms with Gasteiger partial charge in [-0.25, -0.2) is 4.68 Å². The van der Waals surface area contributed by atoms with E-state index in [2.05, 4.69) is 5.10 Å². The van der Waals surface area contributed by atoms with Gasteiger partial charge in [0.15, 0.2) is 0 Å². The van der Waals surface area contributed by atoms with Crippen LogP contribution in [0.4, 0.5) is 0 Å². The van der Waals surface area contributed by atoms with Crippen LogP contribution >= 0.6 is 11.6 Å². The number of carbonyl (C=O) groups is 1. The van der Waals surface area contributed by atoms with Crippen molar-refractivity contribution in [1.82, 2.24) is 14.7 Å². The van der Waals surface area contributed by atoms with Gasteiger partial charge in [-0.15, -0.1) is 0 Å².